The van der Waals surface area contributed by atoms with E-state index in [1.54, 1.807) is 0 Å². The predicted molar refractivity (Wildman–Crippen MR) is 50.4 cm³/mol. The lowest BCUT2D eigenvalue weighted by Crippen LogP contribution is -2.31. The molecular weight excluding hydrogens is 210 g/mol. The molecule has 0 saturated carbocycles. The van der Waals surface area contributed by atoms with Crippen LogP contribution in [0, 0.1) is 0 Å². The second-order valence-corrected chi connectivity index (χ2v) is 4.07. The highest BCUT2D eigenvalue weighted by Crippen LogP contribution is 1.77. The molecule has 0 aliphatic carbocycles. The Balaban J connectivity index is 3.37. The lowest BCUT2D eigenvalue weighted by molar-refractivity contribution is -0.143. The number of hydrogen-bond acceptors (Lipinski definition) is 4. The zero-order chi connectivity index (χ0) is 11.0. The van der Waals surface area contributed by atoms with Gasteiger partial charge in [0, 0.05) is 29.4 Å². The van der Waals surface area contributed by atoms with Crippen LogP contribution < -0.4 is 5.32 Å². The van der Waals surface area contributed by atoms with Crippen molar-refractivity contribution in [1.82, 2.24) is 5.32 Å². The number of carbonyl (C=O) groups excluding carboxylic acids is 1. The largest absolute Gasteiger partial charge is 0.480 e. The van der Waals surface area contributed by atoms with Gasteiger partial charge in [-0.2, -0.15) is 0 Å². The van der Waals surface area contributed by atoms with E-state index in [-0.39, 0.29) is 6.61 Å². The Kier molecular flexibility index (Phi) is 6.95. The molecule has 0 aliphatic heterocycles. The summed E-state index contributed by atoms with van der Waals surface area (Å²) in [6.45, 7) is -0.478. The third-order valence-electron chi connectivity index (χ3n) is 1.17. The molecule has 0 aromatic rings. The zero-order valence-electron chi connectivity index (χ0n) is 7.82. The van der Waals surface area contributed by atoms with Gasteiger partial charge < -0.3 is 15.2 Å². The fraction of sp³-hybridized carbons (Fsp3) is 0.714. The summed E-state index contributed by atoms with van der Waals surface area (Å²) in [4.78, 5) is 20.9. The molecule has 0 heterocycles. The van der Waals surface area contributed by atoms with Gasteiger partial charge in [0.25, 0.3) is 0 Å². The minimum absolute atomic E-state index is 0.289. The van der Waals surface area contributed by atoms with Crippen molar-refractivity contribution in [2.45, 2.75) is 0 Å². The molecule has 7 heteroatoms. The average Bonchev–Trinajstić information content (AvgIpc) is 2.02. The Hall–Kier alpha value is -0.950. The van der Waals surface area contributed by atoms with Gasteiger partial charge in [-0.15, -0.1) is 0 Å². The molecule has 82 valence electrons. The van der Waals surface area contributed by atoms with Gasteiger partial charge in [-0.05, 0) is 0 Å². The number of ether oxygens (including phenoxy) is 1. The van der Waals surface area contributed by atoms with E-state index in [0.717, 1.165) is 0 Å². The maximum Gasteiger partial charge on any atom is 0.329 e. The van der Waals surface area contributed by atoms with Crippen molar-refractivity contribution in [3.8, 4) is 0 Å². The van der Waals surface area contributed by atoms with Gasteiger partial charge >= 0.3 is 5.97 Å². The number of hydrogen-bond donors (Lipinski definition) is 2. The van der Waals surface area contributed by atoms with Gasteiger partial charge in [0.2, 0.25) is 5.91 Å². The second kappa shape index (κ2) is 7.45. The topological polar surface area (TPSA) is 92.7 Å². The molecule has 6 nitrogen and oxygen atoms in total. The summed E-state index contributed by atoms with van der Waals surface area (Å²) in [5.74, 6) is -1.14. The minimum Gasteiger partial charge on any atom is -0.480 e. The molecule has 0 radical (unpaired) electrons. The normalized spacial score (nSPS) is 12.1. The number of carbonyl (C=O) groups is 2. The first-order chi connectivity index (χ1) is 6.52. The molecule has 0 spiro atoms. The lowest BCUT2D eigenvalue weighted by atomic mass is 10.6. The summed E-state index contributed by atoms with van der Waals surface area (Å²) in [5.41, 5.74) is 0. The number of aliphatic carboxylic acids is 1. The molecule has 0 bridgehead atoms. The van der Waals surface area contributed by atoms with Crippen molar-refractivity contribution >= 4 is 22.7 Å². The zero-order valence-corrected chi connectivity index (χ0v) is 8.63. The van der Waals surface area contributed by atoms with E-state index >= 15 is 0 Å². The molecule has 1 atom stereocenters. The third kappa shape index (κ3) is 9.14. The maximum atomic E-state index is 10.9. The summed E-state index contributed by atoms with van der Waals surface area (Å²) in [5, 5.41) is 10.6. The number of nitrogens with one attached hydrogen (secondary N) is 1. The number of carboxylic acids is 1. The van der Waals surface area contributed by atoms with Gasteiger partial charge in [0.15, 0.2) is 0 Å². The summed E-state index contributed by atoms with van der Waals surface area (Å²) in [6, 6.07) is 0. The molecule has 0 aromatic heterocycles. The Morgan fingerprint density at radius 3 is 2.57 bits per heavy atom. The summed E-state index contributed by atoms with van der Waals surface area (Å²) < 4.78 is 15.1. The van der Waals surface area contributed by atoms with Gasteiger partial charge in [0.1, 0.15) is 13.2 Å². The van der Waals surface area contributed by atoms with Crippen molar-refractivity contribution in [2.75, 3.05) is 31.8 Å². The van der Waals surface area contributed by atoms with Crippen molar-refractivity contribution in [2.24, 2.45) is 0 Å². The fourth-order valence-electron chi connectivity index (χ4n) is 0.616. The van der Waals surface area contributed by atoms with E-state index in [2.05, 4.69) is 10.1 Å². The van der Waals surface area contributed by atoms with Crippen LogP contribution in [0.25, 0.3) is 0 Å². The van der Waals surface area contributed by atoms with E-state index in [1.807, 2.05) is 0 Å². The molecule has 1 unspecified atom stereocenters. The summed E-state index contributed by atoms with van der Waals surface area (Å²) >= 11 is 0. The standard InChI is InChI=1S/C7H13NO5S/c1-14(12)3-2-8-6(9)4-13-5-7(10)11/h2-5H2,1H3,(H,8,9)(H,10,11). The Bertz CT molecular complexity index is 208. The van der Waals surface area contributed by atoms with Gasteiger partial charge in [-0.1, -0.05) is 0 Å². The molecule has 0 rings (SSSR count). The number of rotatable bonds is 7. The Morgan fingerprint density at radius 1 is 1.43 bits per heavy atom. The van der Waals surface area contributed by atoms with Crippen molar-refractivity contribution < 1.29 is 23.6 Å². The first-order valence-corrected chi connectivity index (χ1v) is 5.61. The first kappa shape index (κ1) is 13.1. The SMILES string of the molecule is CS(=O)CCNC(=O)COCC(=O)O. The second-order valence-electron chi connectivity index (χ2n) is 2.51. The quantitative estimate of drug-likeness (QED) is 0.552. The summed E-state index contributed by atoms with van der Waals surface area (Å²) in [7, 11) is -0.945. The molecule has 14 heavy (non-hydrogen) atoms. The highest BCUT2D eigenvalue weighted by Gasteiger charge is 2.03. The van der Waals surface area contributed by atoms with Crippen LogP contribution in [0.1, 0.15) is 0 Å². The van der Waals surface area contributed by atoms with E-state index < -0.39 is 29.3 Å². The molecule has 0 aliphatic rings. The molecule has 0 aromatic carbocycles. The molecular formula is C7H13NO5S. The molecule has 0 saturated heterocycles. The number of carboxylic acid groups (broad SMARTS) is 1. The van der Waals surface area contributed by atoms with Crippen molar-refractivity contribution in [3.63, 3.8) is 0 Å². The highest BCUT2D eigenvalue weighted by atomic mass is 32.2. The van der Waals surface area contributed by atoms with Crippen LogP contribution in [-0.2, 0) is 25.1 Å². The van der Waals surface area contributed by atoms with E-state index in [1.165, 1.54) is 6.26 Å². The van der Waals surface area contributed by atoms with Crippen LogP contribution in [0.15, 0.2) is 0 Å². The monoisotopic (exact) mass is 223 g/mol. The summed E-state index contributed by atoms with van der Waals surface area (Å²) in [6.07, 6.45) is 1.53. The smallest absolute Gasteiger partial charge is 0.329 e. The average molecular weight is 223 g/mol. The number of amides is 1. The molecule has 1 amide bonds. The van der Waals surface area contributed by atoms with Crippen LogP contribution in [0.3, 0.4) is 0 Å². The molecule has 0 fully saturated rings. The van der Waals surface area contributed by atoms with Crippen LogP contribution in [-0.4, -0.2) is 53.0 Å². The maximum absolute atomic E-state index is 10.9. The van der Waals surface area contributed by atoms with Crippen molar-refractivity contribution in [1.29, 1.82) is 0 Å². The van der Waals surface area contributed by atoms with E-state index in [9.17, 15) is 13.8 Å². The van der Waals surface area contributed by atoms with Crippen molar-refractivity contribution in [3.05, 3.63) is 0 Å². The predicted octanol–water partition coefficient (Wildman–Crippen LogP) is -1.42. The van der Waals surface area contributed by atoms with Crippen LogP contribution >= 0.6 is 0 Å². The minimum atomic E-state index is -1.12. The Morgan fingerprint density at radius 2 is 2.07 bits per heavy atom. The van der Waals surface area contributed by atoms with Gasteiger partial charge in [0.05, 0.1) is 0 Å². The van der Waals surface area contributed by atoms with Gasteiger partial charge in [-0.3, -0.25) is 9.00 Å². The van der Waals surface area contributed by atoms with Gasteiger partial charge in [-0.25, -0.2) is 4.79 Å². The fourth-order valence-corrected chi connectivity index (χ4v) is 1.01. The van der Waals surface area contributed by atoms with Crippen LogP contribution in [0.4, 0.5) is 0 Å². The van der Waals surface area contributed by atoms with Crippen LogP contribution in [0.2, 0.25) is 0 Å². The Labute approximate surface area is 84.1 Å². The highest BCUT2D eigenvalue weighted by molar-refractivity contribution is 7.84. The lowest BCUT2D eigenvalue weighted by Gasteiger charge is -2.03. The first-order valence-electron chi connectivity index (χ1n) is 3.88. The van der Waals surface area contributed by atoms with E-state index in [0.29, 0.717) is 12.3 Å². The van der Waals surface area contributed by atoms with Crippen LogP contribution in [0.5, 0.6) is 0 Å². The third-order valence-corrected chi connectivity index (χ3v) is 1.95. The molecule has 2 N–H and O–H groups in total. The van der Waals surface area contributed by atoms with E-state index in [4.69, 9.17) is 5.11 Å².